The molecule has 0 aromatic heterocycles. The van der Waals surface area contributed by atoms with E-state index in [1.807, 2.05) is 0 Å². The first-order chi connectivity index (χ1) is 13.6. The number of hydrogen-bond donors (Lipinski definition) is 0. The first-order valence-corrected chi connectivity index (χ1v) is 10.0. The summed E-state index contributed by atoms with van der Waals surface area (Å²) in [5, 5.41) is 0. The van der Waals surface area contributed by atoms with Gasteiger partial charge in [0, 0.05) is 5.69 Å². The van der Waals surface area contributed by atoms with Gasteiger partial charge in [-0.1, -0.05) is 89.6 Å². The van der Waals surface area contributed by atoms with Crippen molar-refractivity contribution in [2.75, 3.05) is 4.90 Å². The van der Waals surface area contributed by atoms with Crippen molar-refractivity contribution in [2.45, 2.75) is 32.9 Å². The summed E-state index contributed by atoms with van der Waals surface area (Å²) in [6.07, 6.45) is 22.8. The Morgan fingerprint density at radius 2 is 1.14 bits per heavy atom. The highest BCUT2D eigenvalue weighted by molar-refractivity contribution is 5.69. The van der Waals surface area contributed by atoms with Crippen molar-refractivity contribution < 1.29 is 0 Å². The molecule has 138 valence electrons. The number of aryl methyl sites for hydroxylation is 1. The predicted octanol–water partition coefficient (Wildman–Crippen LogP) is 6.30. The van der Waals surface area contributed by atoms with Crippen molar-refractivity contribution in [3.8, 4) is 0 Å². The molecule has 5 rings (SSSR count). The molecule has 0 radical (unpaired) electrons. The van der Waals surface area contributed by atoms with Gasteiger partial charge < -0.3 is 4.90 Å². The molecule has 0 saturated heterocycles. The minimum atomic E-state index is 0.215. The number of anilines is 1. The molecule has 0 fully saturated rings. The zero-order valence-corrected chi connectivity index (χ0v) is 16.7. The van der Waals surface area contributed by atoms with Gasteiger partial charge in [-0.15, -0.1) is 0 Å². The molecule has 4 aliphatic rings. The highest BCUT2D eigenvalue weighted by atomic mass is 15.2. The highest BCUT2D eigenvalue weighted by Crippen LogP contribution is 2.40. The molecule has 1 heteroatoms. The van der Waals surface area contributed by atoms with E-state index in [1.165, 1.54) is 44.7 Å². The van der Waals surface area contributed by atoms with Crippen LogP contribution < -0.4 is 4.90 Å². The summed E-state index contributed by atoms with van der Waals surface area (Å²) in [6, 6.07) is 9.39. The van der Waals surface area contributed by atoms with Crippen molar-refractivity contribution in [3.63, 3.8) is 0 Å². The summed E-state index contributed by atoms with van der Waals surface area (Å²) in [4.78, 5) is 2.57. The third-order valence-electron chi connectivity index (χ3n) is 5.91. The van der Waals surface area contributed by atoms with Crippen molar-refractivity contribution in [2.24, 2.45) is 0 Å². The van der Waals surface area contributed by atoms with Crippen LogP contribution >= 0.6 is 0 Å². The van der Waals surface area contributed by atoms with E-state index < -0.39 is 0 Å². The fourth-order valence-electron chi connectivity index (χ4n) is 4.63. The summed E-state index contributed by atoms with van der Waals surface area (Å²) in [7, 11) is 0. The number of fused-ring (bicyclic) bond motifs is 2. The third kappa shape index (κ3) is 2.79. The van der Waals surface area contributed by atoms with E-state index >= 15 is 0 Å². The minimum absolute atomic E-state index is 0.215. The average Bonchev–Trinajstić information content (AvgIpc) is 3.25. The molecule has 0 heterocycles. The summed E-state index contributed by atoms with van der Waals surface area (Å²) < 4.78 is 0. The summed E-state index contributed by atoms with van der Waals surface area (Å²) >= 11 is 0. The zero-order chi connectivity index (χ0) is 19.3. The van der Waals surface area contributed by atoms with Crippen LogP contribution in [0.4, 0.5) is 5.69 Å². The fourth-order valence-corrected chi connectivity index (χ4v) is 4.63. The van der Waals surface area contributed by atoms with E-state index in [1.54, 1.807) is 0 Å². The lowest BCUT2D eigenvalue weighted by atomic mass is 9.89. The van der Waals surface area contributed by atoms with Gasteiger partial charge in [0.2, 0.25) is 0 Å². The van der Waals surface area contributed by atoms with Crippen molar-refractivity contribution in [1.29, 1.82) is 0 Å². The van der Waals surface area contributed by atoms with Crippen molar-refractivity contribution in [1.82, 2.24) is 0 Å². The fraction of sp³-hybridized carbons (Fsp3) is 0.185. The van der Waals surface area contributed by atoms with E-state index in [9.17, 15) is 0 Å². The van der Waals surface area contributed by atoms with Crippen LogP contribution in [0.5, 0.6) is 0 Å². The zero-order valence-electron chi connectivity index (χ0n) is 16.7. The van der Waals surface area contributed by atoms with Gasteiger partial charge in [-0.3, -0.25) is 0 Å². The first kappa shape index (κ1) is 17.1. The Labute approximate surface area is 167 Å². The molecule has 0 N–H and O–H groups in total. The van der Waals surface area contributed by atoms with Gasteiger partial charge in [-0.2, -0.15) is 0 Å². The van der Waals surface area contributed by atoms with E-state index in [2.05, 4.69) is 111 Å². The standard InChI is InChI=1S/C27H25N/c1-18-10-12-23(13-11-18)28(26-8-4-6-21-14-19(2)16-24(21)26)27-9-5-7-22-15-20(3)17-25(22)27/h4-17,26-27H,1-3H3. The topological polar surface area (TPSA) is 3.24 Å². The van der Waals surface area contributed by atoms with Crippen LogP contribution in [0, 0.1) is 6.92 Å². The maximum Gasteiger partial charge on any atom is 0.0745 e. The molecular formula is C27H25N. The lowest BCUT2D eigenvalue weighted by Crippen LogP contribution is -2.45. The molecular weight excluding hydrogens is 338 g/mol. The molecule has 2 unspecified atom stereocenters. The second kappa shape index (κ2) is 6.53. The molecule has 1 aromatic rings. The molecule has 0 bridgehead atoms. The molecule has 28 heavy (non-hydrogen) atoms. The molecule has 1 nitrogen and oxygen atoms in total. The monoisotopic (exact) mass is 363 g/mol. The maximum atomic E-state index is 2.57. The van der Waals surface area contributed by atoms with E-state index in [4.69, 9.17) is 0 Å². The third-order valence-corrected chi connectivity index (χ3v) is 5.91. The van der Waals surface area contributed by atoms with Crippen LogP contribution in [0.2, 0.25) is 0 Å². The van der Waals surface area contributed by atoms with Crippen LogP contribution in [0.15, 0.2) is 118 Å². The first-order valence-electron chi connectivity index (χ1n) is 10.0. The quantitative estimate of drug-likeness (QED) is 0.609. The van der Waals surface area contributed by atoms with Gasteiger partial charge in [0.1, 0.15) is 0 Å². The molecule has 0 aliphatic heterocycles. The Morgan fingerprint density at radius 3 is 1.64 bits per heavy atom. The van der Waals surface area contributed by atoms with Crippen LogP contribution in [0.3, 0.4) is 0 Å². The number of benzene rings is 1. The predicted molar refractivity (Wildman–Crippen MR) is 119 cm³/mol. The lowest BCUT2D eigenvalue weighted by molar-refractivity contribution is 0.720. The van der Waals surface area contributed by atoms with Gasteiger partial charge >= 0.3 is 0 Å². The Kier molecular flexibility index (Phi) is 3.98. The van der Waals surface area contributed by atoms with Crippen LogP contribution in [-0.2, 0) is 0 Å². The minimum Gasteiger partial charge on any atom is -0.350 e. The van der Waals surface area contributed by atoms with Crippen LogP contribution in [0.25, 0.3) is 0 Å². The molecule has 2 atom stereocenters. The highest BCUT2D eigenvalue weighted by Gasteiger charge is 2.34. The van der Waals surface area contributed by atoms with E-state index in [-0.39, 0.29) is 12.1 Å². The normalized spacial score (nSPS) is 24.5. The summed E-state index contributed by atoms with van der Waals surface area (Å²) in [6.45, 7) is 6.53. The Balaban J connectivity index is 1.62. The Bertz CT molecular complexity index is 1010. The Morgan fingerprint density at radius 1 is 0.643 bits per heavy atom. The summed E-state index contributed by atoms with van der Waals surface area (Å²) in [5.41, 5.74) is 10.7. The lowest BCUT2D eigenvalue weighted by Gasteiger charge is -2.41. The SMILES string of the molecule is CC1=CC2=CC=CC(N(c3ccc(C)cc3)C3C=CC=C4C=C(C)C=C43)C2=C1. The van der Waals surface area contributed by atoms with Gasteiger partial charge in [-0.25, -0.2) is 0 Å². The smallest absolute Gasteiger partial charge is 0.0745 e. The number of nitrogens with zero attached hydrogens (tertiary/aromatic N) is 1. The van der Waals surface area contributed by atoms with E-state index in [0.29, 0.717) is 0 Å². The van der Waals surface area contributed by atoms with Crippen molar-refractivity contribution >= 4 is 5.69 Å². The Hall–Kier alpha value is -3.06. The molecule has 4 aliphatic carbocycles. The molecule has 1 aromatic carbocycles. The number of hydrogen-bond acceptors (Lipinski definition) is 1. The van der Waals surface area contributed by atoms with Crippen LogP contribution in [-0.4, -0.2) is 12.1 Å². The van der Waals surface area contributed by atoms with Crippen molar-refractivity contribution in [3.05, 3.63) is 124 Å². The van der Waals surface area contributed by atoms with Crippen LogP contribution in [0.1, 0.15) is 19.4 Å². The molecule has 0 saturated carbocycles. The second-order valence-corrected chi connectivity index (χ2v) is 8.12. The average molecular weight is 364 g/mol. The second-order valence-electron chi connectivity index (χ2n) is 8.12. The van der Waals surface area contributed by atoms with Gasteiger partial charge in [-0.05, 0) is 55.2 Å². The van der Waals surface area contributed by atoms with Gasteiger partial charge in [0.05, 0.1) is 12.1 Å². The van der Waals surface area contributed by atoms with Gasteiger partial charge in [0.25, 0.3) is 0 Å². The molecule has 0 amide bonds. The number of allylic oxidation sites excluding steroid dienone is 10. The van der Waals surface area contributed by atoms with E-state index in [0.717, 1.165) is 0 Å². The molecule has 0 spiro atoms. The van der Waals surface area contributed by atoms with Gasteiger partial charge in [0.15, 0.2) is 0 Å². The summed E-state index contributed by atoms with van der Waals surface area (Å²) in [5.74, 6) is 0. The largest absolute Gasteiger partial charge is 0.350 e. The number of rotatable bonds is 3. The maximum absolute atomic E-state index is 2.57.